The van der Waals surface area contributed by atoms with Gasteiger partial charge in [-0.25, -0.2) is 0 Å². The molecule has 0 atom stereocenters. The lowest BCUT2D eigenvalue weighted by molar-refractivity contribution is 0.0950. The standard InChI is InChI=1S/C16H14BrIN2O/c17-15-4-3-13(18)6-14(15)16(21)20-7-10-1-2-11-8-19-9-12(11)5-10/h1-6,19H,7-9H2,(H,20,21). The lowest BCUT2D eigenvalue weighted by atomic mass is 10.1. The fourth-order valence-electron chi connectivity index (χ4n) is 2.41. The van der Waals surface area contributed by atoms with Crippen LogP contribution in [0.3, 0.4) is 0 Å². The summed E-state index contributed by atoms with van der Waals surface area (Å²) in [5, 5.41) is 6.31. The Morgan fingerprint density at radius 2 is 2.00 bits per heavy atom. The fourth-order valence-corrected chi connectivity index (χ4v) is 3.33. The largest absolute Gasteiger partial charge is 0.348 e. The van der Waals surface area contributed by atoms with E-state index in [1.807, 2.05) is 18.2 Å². The molecule has 2 N–H and O–H groups in total. The summed E-state index contributed by atoms with van der Waals surface area (Å²) in [6.07, 6.45) is 0. The molecule has 3 rings (SSSR count). The van der Waals surface area contributed by atoms with Crippen molar-refractivity contribution in [1.29, 1.82) is 0 Å². The van der Waals surface area contributed by atoms with E-state index in [-0.39, 0.29) is 5.91 Å². The van der Waals surface area contributed by atoms with Crippen LogP contribution in [0, 0.1) is 3.57 Å². The molecule has 1 aliphatic rings. The van der Waals surface area contributed by atoms with Gasteiger partial charge in [-0.1, -0.05) is 18.2 Å². The molecule has 1 heterocycles. The fraction of sp³-hybridized carbons (Fsp3) is 0.188. The summed E-state index contributed by atoms with van der Waals surface area (Å²) in [5.74, 6) is -0.0565. The lowest BCUT2D eigenvalue weighted by Gasteiger charge is -2.09. The average molecular weight is 457 g/mol. The smallest absolute Gasteiger partial charge is 0.252 e. The van der Waals surface area contributed by atoms with Crippen molar-refractivity contribution in [3.8, 4) is 0 Å². The zero-order valence-corrected chi connectivity index (χ0v) is 15.0. The number of carbonyl (C=O) groups excluding carboxylic acids is 1. The molecule has 21 heavy (non-hydrogen) atoms. The van der Waals surface area contributed by atoms with Crippen molar-refractivity contribution >= 4 is 44.4 Å². The zero-order chi connectivity index (χ0) is 14.8. The van der Waals surface area contributed by atoms with Crippen LogP contribution in [0.1, 0.15) is 27.0 Å². The van der Waals surface area contributed by atoms with Crippen LogP contribution >= 0.6 is 38.5 Å². The van der Waals surface area contributed by atoms with Gasteiger partial charge >= 0.3 is 0 Å². The monoisotopic (exact) mass is 456 g/mol. The summed E-state index contributed by atoms with van der Waals surface area (Å²) in [6.45, 7) is 2.40. The number of nitrogens with one attached hydrogen (secondary N) is 2. The first-order valence-electron chi connectivity index (χ1n) is 6.68. The Hall–Kier alpha value is -0.920. The topological polar surface area (TPSA) is 41.1 Å². The molecule has 0 radical (unpaired) electrons. The van der Waals surface area contributed by atoms with Gasteiger partial charge in [-0.3, -0.25) is 4.79 Å². The number of halogens is 2. The number of benzene rings is 2. The van der Waals surface area contributed by atoms with Crippen LogP contribution in [-0.2, 0) is 19.6 Å². The molecule has 0 saturated carbocycles. The third-order valence-electron chi connectivity index (χ3n) is 3.53. The number of fused-ring (bicyclic) bond motifs is 1. The summed E-state index contributed by atoms with van der Waals surface area (Å²) in [5.41, 5.74) is 4.49. The van der Waals surface area contributed by atoms with Gasteiger partial charge in [-0.15, -0.1) is 0 Å². The van der Waals surface area contributed by atoms with E-state index >= 15 is 0 Å². The molecule has 1 amide bonds. The minimum Gasteiger partial charge on any atom is -0.348 e. The van der Waals surface area contributed by atoms with Gasteiger partial charge in [0.1, 0.15) is 0 Å². The molecule has 0 bridgehead atoms. The molecular weight excluding hydrogens is 443 g/mol. The van der Waals surface area contributed by atoms with Gasteiger partial charge in [0.25, 0.3) is 5.91 Å². The second kappa shape index (κ2) is 6.46. The van der Waals surface area contributed by atoms with E-state index in [4.69, 9.17) is 0 Å². The van der Waals surface area contributed by atoms with Gasteiger partial charge in [0.05, 0.1) is 5.56 Å². The first kappa shape index (κ1) is 15.0. The molecule has 0 unspecified atom stereocenters. The van der Waals surface area contributed by atoms with Gasteiger partial charge in [-0.05, 0) is 73.4 Å². The van der Waals surface area contributed by atoms with Crippen molar-refractivity contribution in [2.24, 2.45) is 0 Å². The van der Waals surface area contributed by atoms with Crippen molar-refractivity contribution < 1.29 is 4.79 Å². The van der Waals surface area contributed by atoms with Crippen molar-refractivity contribution in [2.45, 2.75) is 19.6 Å². The van der Waals surface area contributed by atoms with E-state index in [2.05, 4.69) is 67.4 Å². The van der Waals surface area contributed by atoms with Crippen LogP contribution in [-0.4, -0.2) is 5.91 Å². The first-order chi connectivity index (χ1) is 10.1. The Morgan fingerprint density at radius 3 is 2.86 bits per heavy atom. The van der Waals surface area contributed by atoms with Crippen LogP contribution in [0.25, 0.3) is 0 Å². The molecule has 1 aliphatic heterocycles. The molecule has 0 fully saturated rings. The molecule has 3 nitrogen and oxygen atoms in total. The SMILES string of the molecule is O=C(NCc1ccc2c(c1)CNC2)c1cc(I)ccc1Br. The first-order valence-corrected chi connectivity index (χ1v) is 8.55. The van der Waals surface area contributed by atoms with Crippen molar-refractivity contribution in [3.05, 3.63) is 66.7 Å². The Balaban J connectivity index is 1.70. The molecule has 0 aliphatic carbocycles. The molecule has 108 valence electrons. The quantitative estimate of drug-likeness (QED) is 0.693. The number of carbonyl (C=O) groups is 1. The van der Waals surface area contributed by atoms with Crippen molar-refractivity contribution in [3.63, 3.8) is 0 Å². The van der Waals surface area contributed by atoms with E-state index < -0.39 is 0 Å². The van der Waals surface area contributed by atoms with E-state index in [1.54, 1.807) is 0 Å². The summed E-state index contributed by atoms with van der Waals surface area (Å²) in [4.78, 5) is 12.3. The highest BCUT2D eigenvalue weighted by Gasteiger charge is 2.12. The van der Waals surface area contributed by atoms with Gasteiger partial charge in [-0.2, -0.15) is 0 Å². The second-order valence-corrected chi connectivity index (χ2v) is 7.11. The third kappa shape index (κ3) is 3.46. The molecule has 0 aromatic heterocycles. The van der Waals surface area contributed by atoms with E-state index in [0.29, 0.717) is 12.1 Å². The summed E-state index contributed by atoms with van der Waals surface area (Å²) in [6, 6.07) is 12.1. The Bertz CT molecular complexity index is 703. The van der Waals surface area contributed by atoms with E-state index in [1.165, 1.54) is 11.1 Å². The van der Waals surface area contributed by atoms with Crippen LogP contribution in [0.4, 0.5) is 0 Å². The van der Waals surface area contributed by atoms with Gasteiger partial charge in [0.15, 0.2) is 0 Å². The maximum atomic E-state index is 12.3. The second-order valence-electron chi connectivity index (χ2n) is 5.01. The number of rotatable bonds is 3. The highest BCUT2D eigenvalue weighted by atomic mass is 127. The predicted octanol–water partition coefficient (Wildman–Crippen LogP) is 3.59. The summed E-state index contributed by atoms with van der Waals surface area (Å²) < 4.78 is 1.86. The van der Waals surface area contributed by atoms with Crippen LogP contribution in [0.5, 0.6) is 0 Å². The Labute approximate surface area is 145 Å². The summed E-state index contributed by atoms with van der Waals surface area (Å²) in [7, 11) is 0. The number of hydrogen-bond donors (Lipinski definition) is 2. The number of amides is 1. The van der Waals surface area contributed by atoms with Crippen LogP contribution in [0.2, 0.25) is 0 Å². The molecule has 2 aromatic rings. The molecule has 0 spiro atoms. The minimum absolute atomic E-state index is 0.0565. The predicted molar refractivity (Wildman–Crippen MR) is 95.0 cm³/mol. The normalized spacial score (nSPS) is 13.0. The van der Waals surface area contributed by atoms with Gasteiger partial charge in [0.2, 0.25) is 0 Å². The highest BCUT2D eigenvalue weighted by Crippen LogP contribution is 2.20. The molecular formula is C16H14BrIN2O. The van der Waals surface area contributed by atoms with E-state index in [0.717, 1.165) is 26.7 Å². The van der Waals surface area contributed by atoms with Crippen molar-refractivity contribution in [1.82, 2.24) is 10.6 Å². The maximum Gasteiger partial charge on any atom is 0.252 e. The Morgan fingerprint density at radius 1 is 1.19 bits per heavy atom. The Kier molecular flexibility index (Phi) is 4.61. The lowest BCUT2D eigenvalue weighted by Crippen LogP contribution is -2.23. The van der Waals surface area contributed by atoms with E-state index in [9.17, 15) is 4.79 Å². The molecule has 2 aromatic carbocycles. The minimum atomic E-state index is -0.0565. The van der Waals surface area contributed by atoms with Gasteiger partial charge in [0, 0.05) is 27.7 Å². The molecule has 0 saturated heterocycles. The third-order valence-corrected chi connectivity index (χ3v) is 4.89. The zero-order valence-electron chi connectivity index (χ0n) is 11.2. The van der Waals surface area contributed by atoms with Crippen molar-refractivity contribution in [2.75, 3.05) is 0 Å². The molecule has 5 heteroatoms. The highest BCUT2D eigenvalue weighted by molar-refractivity contribution is 14.1. The summed E-state index contributed by atoms with van der Waals surface area (Å²) >= 11 is 5.63. The van der Waals surface area contributed by atoms with Gasteiger partial charge < -0.3 is 10.6 Å². The van der Waals surface area contributed by atoms with Crippen LogP contribution < -0.4 is 10.6 Å². The van der Waals surface area contributed by atoms with Crippen LogP contribution in [0.15, 0.2) is 40.9 Å². The average Bonchev–Trinajstić information content (AvgIpc) is 2.94. The number of hydrogen-bond acceptors (Lipinski definition) is 2. The maximum absolute atomic E-state index is 12.3.